The van der Waals surface area contributed by atoms with Crippen LogP contribution < -0.4 is 10.6 Å². The van der Waals surface area contributed by atoms with Crippen molar-refractivity contribution in [2.75, 3.05) is 13.2 Å². The van der Waals surface area contributed by atoms with E-state index in [9.17, 15) is 39.9 Å². The van der Waals surface area contributed by atoms with Gasteiger partial charge in [0.1, 0.15) is 18.3 Å². The maximum Gasteiger partial charge on any atom is 0.364 e. The van der Waals surface area contributed by atoms with Crippen molar-refractivity contribution in [3.63, 3.8) is 0 Å². The molecule has 0 aromatic heterocycles. The molecule has 12 heteroatoms. The Kier molecular flexibility index (Phi) is 12.4. The molecule has 0 radical (unpaired) electrons. The van der Waals surface area contributed by atoms with Crippen LogP contribution in [0.3, 0.4) is 0 Å². The second kappa shape index (κ2) is 15.0. The van der Waals surface area contributed by atoms with Crippen LogP contribution in [0.2, 0.25) is 0 Å². The Labute approximate surface area is 215 Å². The number of carbonyl (C=O) groups excluding carboxylic acids is 2. The summed E-state index contributed by atoms with van der Waals surface area (Å²) in [6.07, 6.45) is -4.29. The predicted octanol–water partition coefficient (Wildman–Crippen LogP) is -0.581. The highest BCUT2D eigenvalue weighted by Crippen LogP contribution is 2.33. The highest BCUT2D eigenvalue weighted by Gasteiger charge is 2.55. The van der Waals surface area contributed by atoms with E-state index < -0.39 is 61.1 Å². The van der Waals surface area contributed by atoms with Gasteiger partial charge in [-0.25, -0.2) is 4.79 Å². The number of unbranched alkanes of at least 4 members (excludes halogenated alkanes) is 3. The Balaban J connectivity index is 1.83. The van der Waals surface area contributed by atoms with E-state index in [0.717, 1.165) is 5.56 Å². The lowest BCUT2D eigenvalue weighted by molar-refractivity contribution is -0.311. The van der Waals surface area contributed by atoms with Crippen molar-refractivity contribution >= 4 is 17.8 Å². The molecule has 1 heterocycles. The summed E-state index contributed by atoms with van der Waals surface area (Å²) in [7, 11) is 0. The van der Waals surface area contributed by atoms with Gasteiger partial charge in [-0.2, -0.15) is 0 Å². The quantitative estimate of drug-likeness (QED) is 0.145. The third-order valence-electron chi connectivity index (χ3n) is 6.15. The van der Waals surface area contributed by atoms with Gasteiger partial charge in [0, 0.05) is 26.3 Å². The summed E-state index contributed by atoms with van der Waals surface area (Å²) in [4.78, 5) is 35.6. The maximum atomic E-state index is 12.1. The molecule has 1 saturated heterocycles. The number of carboxylic acid groups (broad SMARTS) is 1. The zero-order chi connectivity index (χ0) is 27.4. The van der Waals surface area contributed by atoms with Crippen LogP contribution in [0.15, 0.2) is 30.3 Å². The molecule has 0 unspecified atom stereocenters. The Morgan fingerprint density at radius 3 is 2.43 bits per heavy atom. The number of aliphatic hydroxyl groups excluding tert-OH is 4. The first-order valence-corrected chi connectivity index (χ1v) is 12.4. The van der Waals surface area contributed by atoms with Gasteiger partial charge < -0.3 is 45.6 Å². The number of carbonyl (C=O) groups is 3. The SMILES string of the molecule is CC(=O)N[C@H]1[C@H]([C@H](O)[C@H](O)CO)O[C@@](OCCCCCCC(=O)NCc2ccccc2)(C(=O)O)C[C@@H]1O. The molecule has 2 rings (SSSR count). The van der Waals surface area contributed by atoms with Crippen molar-refractivity contribution in [2.24, 2.45) is 0 Å². The fraction of sp³-hybridized carbons (Fsp3) is 0.640. The fourth-order valence-corrected chi connectivity index (χ4v) is 4.14. The first kappa shape index (κ1) is 30.6. The van der Waals surface area contributed by atoms with E-state index in [4.69, 9.17) is 9.47 Å². The van der Waals surface area contributed by atoms with Crippen molar-refractivity contribution in [3.05, 3.63) is 35.9 Å². The molecule has 0 aliphatic carbocycles. The number of nitrogens with one attached hydrogen (secondary N) is 2. The molecule has 6 atom stereocenters. The van der Waals surface area contributed by atoms with E-state index in [1.165, 1.54) is 6.92 Å². The van der Waals surface area contributed by atoms with Crippen molar-refractivity contribution in [1.29, 1.82) is 0 Å². The van der Waals surface area contributed by atoms with Gasteiger partial charge in [0.05, 0.1) is 25.4 Å². The van der Waals surface area contributed by atoms with Gasteiger partial charge in [-0.1, -0.05) is 43.2 Å². The van der Waals surface area contributed by atoms with Crippen LogP contribution in [0.4, 0.5) is 0 Å². The Hall–Kier alpha value is -2.61. The average Bonchev–Trinajstić information content (AvgIpc) is 2.87. The Morgan fingerprint density at radius 1 is 1.14 bits per heavy atom. The fourth-order valence-electron chi connectivity index (χ4n) is 4.14. The van der Waals surface area contributed by atoms with Crippen LogP contribution in [0.25, 0.3) is 0 Å². The van der Waals surface area contributed by atoms with Crippen LogP contribution in [0.1, 0.15) is 51.0 Å². The third kappa shape index (κ3) is 9.33. The summed E-state index contributed by atoms with van der Waals surface area (Å²) < 4.78 is 11.1. The molecular weight excluding hydrogens is 488 g/mol. The van der Waals surface area contributed by atoms with Crippen molar-refractivity contribution in [1.82, 2.24) is 10.6 Å². The van der Waals surface area contributed by atoms with Gasteiger partial charge in [-0.15, -0.1) is 0 Å². The number of amides is 2. The molecular formula is C25H38N2O10. The van der Waals surface area contributed by atoms with Gasteiger partial charge in [-0.3, -0.25) is 9.59 Å². The number of carboxylic acids is 1. The van der Waals surface area contributed by atoms with Gasteiger partial charge in [-0.05, 0) is 18.4 Å². The van der Waals surface area contributed by atoms with E-state index in [2.05, 4.69) is 10.6 Å². The highest BCUT2D eigenvalue weighted by atomic mass is 16.7. The number of ether oxygens (including phenoxy) is 2. The smallest absolute Gasteiger partial charge is 0.364 e. The zero-order valence-corrected chi connectivity index (χ0v) is 20.9. The largest absolute Gasteiger partial charge is 0.477 e. The summed E-state index contributed by atoms with van der Waals surface area (Å²) >= 11 is 0. The summed E-state index contributed by atoms with van der Waals surface area (Å²) in [5, 5.41) is 55.1. The average molecular weight is 527 g/mol. The molecule has 7 N–H and O–H groups in total. The molecule has 1 fully saturated rings. The predicted molar refractivity (Wildman–Crippen MR) is 130 cm³/mol. The number of hydrogen-bond donors (Lipinski definition) is 7. The van der Waals surface area contributed by atoms with E-state index in [1.54, 1.807) is 0 Å². The molecule has 208 valence electrons. The van der Waals surface area contributed by atoms with E-state index >= 15 is 0 Å². The number of aliphatic carboxylic acids is 1. The summed E-state index contributed by atoms with van der Waals surface area (Å²) in [5.74, 6) is -4.50. The topological polar surface area (TPSA) is 195 Å². The first-order chi connectivity index (χ1) is 17.6. The second-order valence-electron chi connectivity index (χ2n) is 9.15. The molecule has 0 saturated carbocycles. The molecule has 12 nitrogen and oxygen atoms in total. The minimum Gasteiger partial charge on any atom is -0.477 e. The van der Waals surface area contributed by atoms with Crippen molar-refractivity contribution in [3.8, 4) is 0 Å². The minimum absolute atomic E-state index is 0.0462. The molecule has 2 amide bonds. The van der Waals surface area contributed by atoms with E-state index in [0.29, 0.717) is 38.6 Å². The third-order valence-corrected chi connectivity index (χ3v) is 6.15. The molecule has 1 aliphatic rings. The number of aliphatic hydroxyl groups is 4. The molecule has 37 heavy (non-hydrogen) atoms. The van der Waals surface area contributed by atoms with Gasteiger partial charge in [0.15, 0.2) is 0 Å². The van der Waals surface area contributed by atoms with Crippen LogP contribution >= 0.6 is 0 Å². The number of rotatable bonds is 15. The molecule has 1 aliphatic heterocycles. The standard InChI is InChI=1S/C25H38N2O10/c1-16(29)27-21-18(30)13-25(24(34)35,37-23(21)22(33)19(31)15-28)36-12-8-3-2-7-11-20(32)26-14-17-9-5-4-6-10-17/h4-6,9-10,18-19,21-23,28,30-31,33H,2-3,7-8,11-15H2,1H3,(H,26,32)(H,27,29)(H,34,35)/t18-,19+,21+,22+,23+,25+/m0/s1. The minimum atomic E-state index is -2.33. The molecule has 1 aromatic rings. The van der Waals surface area contributed by atoms with Gasteiger partial charge >= 0.3 is 5.97 Å². The first-order valence-electron chi connectivity index (χ1n) is 12.4. The Bertz CT molecular complexity index is 870. The number of hydrogen-bond acceptors (Lipinski definition) is 9. The van der Waals surface area contributed by atoms with Crippen LogP contribution in [-0.2, 0) is 30.4 Å². The number of benzene rings is 1. The summed E-state index contributed by atoms with van der Waals surface area (Å²) in [6.45, 7) is 0.732. The van der Waals surface area contributed by atoms with E-state index in [-0.39, 0.29) is 12.5 Å². The van der Waals surface area contributed by atoms with E-state index in [1.807, 2.05) is 30.3 Å². The van der Waals surface area contributed by atoms with Gasteiger partial charge in [0.25, 0.3) is 5.79 Å². The van der Waals surface area contributed by atoms with Gasteiger partial charge in [0.2, 0.25) is 11.8 Å². The monoisotopic (exact) mass is 526 g/mol. The normalized spacial score (nSPS) is 25.2. The summed E-state index contributed by atoms with van der Waals surface area (Å²) in [6, 6.07) is 8.33. The van der Waals surface area contributed by atoms with Crippen LogP contribution in [0.5, 0.6) is 0 Å². The lowest BCUT2D eigenvalue weighted by Gasteiger charge is -2.46. The second-order valence-corrected chi connectivity index (χ2v) is 9.15. The van der Waals surface area contributed by atoms with Crippen molar-refractivity contribution < 1.29 is 49.4 Å². The molecule has 0 spiro atoms. The van der Waals surface area contributed by atoms with Crippen LogP contribution in [0, 0.1) is 0 Å². The Morgan fingerprint density at radius 2 is 1.81 bits per heavy atom. The summed E-state index contributed by atoms with van der Waals surface area (Å²) in [5.41, 5.74) is 1.01. The maximum absolute atomic E-state index is 12.1. The highest BCUT2D eigenvalue weighted by molar-refractivity contribution is 5.77. The van der Waals surface area contributed by atoms with Crippen LogP contribution in [-0.4, -0.2) is 92.8 Å². The lowest BCUT2D eigenvalue weighted by atomic mass is 9.88. The zero-order valence-electron chi connectivity index (χ0n) is 20.9. The molecule has 1 aromatic carbocycles. The molecule has 0 bridgehead atoms. The lowest BCUT2D eigenvalue weighted by Crippen LogP contribution is -2.67. The van der Waals surface area contributed by atoms with Crippen molar-refractivity contribution in [2.45, 2.75) is 88.2 Å².